The van der Waals surface area contributed by atoms with Crippen molar-refractivity contribution in [1.82, 2.24) is 0 Å². The molecule has 1 amide bonds. The number of hydrogen-bond donors (Lipinski definition) is 10. The molecule has 0 fully saturated rings. The number of ether oxygens (including phenoxy) is 2. The van der Waals surface area contributed by atoms with Crippen LogP contribution in [-0.4, -0.2) is 118 Å². The van der Waals surface area contributed by atoms with Crippen LogP contribution in [0.4, 0.5) is 17.1 Å². The van der Waals surface area contributed by atoms with E-state index in [1.165, 1.54) is 43.5 Å². The lowest BCUT2D eigenvalue weighted by molar-refractivity contribution is -0.385. The van der Waals surface area contributed by atoms with Crippen molar-refractivity contribution < 1.29 is 87.0 Å². The second kappa shape index (κ2) is 27.0. The smallest absolute Gasteiger partial charge is 0.343 e. The van der Waals surface area contributed by atoms with Gasteiger partial charge in [0.1, 0.15) is 9.84 Å². The predicted molar refractivity (Wildman–Crippen MR) is 232 cm³/mol. The maximum Gasteiger partial charge on any atom is 0.343 e. The van der Waals surface area contributed by atoms with Gasteiger partial charge in [0, 0.05) is 31.0 Å². The van der Waals surface area contributed by atoms with Crippen molar-refractivity contribution >= 4 is 68.6 Å². The molecule has 0 unspecified atom stereocenters. The van der Waals surface area contributed by atoms with E-state index in [0.717, 1.165) is 30.8 Å². The molecule has 1 atom stereocenters. The molecule has 0 saturated heterocycles. The molecule has 4 rings (SSSR count). The minimum Gasteiger partial charge on any atom is -0.493 e. The molecule has 0 bridgehead atoms. The number of rotatable bonds is 14. The fraction of sp³-hybridized carbons (Fsp3) is 0.225. The van der Waals surface area contributed by atoms with Crippen LogP contribution >= 0.6 is 0 Å². The predicted octanol–water partition coefficient (Wildman–Crippen LogP) is 3.80. The number of nitro groups is 1. The first kappa shape index (κ1) is 56.8. The van der Waals surface area contributed by atoms with E-state index in [1.54, 1.807) is 25.3 Å². The summed E-state index contributed by atoms with van der Waals surface area (Å²) < 4.78 is 33.0. The van der Waals surface area contributed by atoms with E-state index in [2.05, 4.69) is 5.32 Å². The molecule has 0 aliphatic carbocycles. The van der Waals surface area contributed by atoms with Crippen molar-refractivity contribution in [3.63, 3.8) is 0 Å². The summed E-state index contributed by atoms with van der Waals surface area (Å²) in [6.07, 6.45) is 1.17. The Morgan fingerprint density at radius 2 is 1.17 bits per heavy atom. The number of carboxylic acid groups (broad SMARTS) is 6. The van der Waals surface area contributed by atoms with Gasteiger partial charge < -0.3 is 62.6 Å². The molecule has 0 radical (unpaired) electrons. The average molecular weight is 934 g/mol. The maximum absolute atomic E-state index is 11.2. The summed E-state index contributed by atoms with van der Waals surface area (Å²) in [6.45, 7) is 6.22. The second-order valence-corrected chi connectivity index (χ2v) is 14.6. The second-order valence-electron chi connectivity index (χ2n) is 12.4. The minimum atomic E-state index is -3.11. The number of sulfone groups is 1. The molecule has 0 aliphatic rings. The Labute approximate surface area is 369 Å². The van der Waals surface area contributed by atoms with Crippen LogP contribution in [0.2, 0.25) is 0 Å². The summed E-state index contributed by atoms with van der Waals surface area (Å²) >= 11 is 0. The lowest BCUT2D eigenvalue weighted by atomic mass is 10.1. The molecule has 352 valence electrons. The molecule has 4 aromatic rings. The standard InChI is InChI=1S/C12H19NO4S.C10H9NO5.C8H5NO6.C8H7NO4.C2H7N/c1-4-17-12-7-9(5-6-11(12)16-2)10(13)8-18(3,14)15;1-5(12)11-7-4-2-3-6(9(13)14)8(7)10(15)16;10-7(11)4-2-1-3-5(9(14)15)6(4)8(12)13;9-5-3-1-2-4(7(10)11)6(5)8(12)13;1-2-3/h5-7,10H,4,8,13H2,1-3H3;2-4H,1H3,(H,11,12)(H,13,14)(H,15,16);1-3H,(H,10,11)(H,12,13);1-3H,9H2,(H,10,11)(H,12,13);2-3H2,1H3/t10-;;;;/m1..../s1. The van der Waals surface area contributed by atoms with Crippen LogP contribution in [0, 0.1) is 10.1 Å². The Morgan fingerprint density at radius 3 is 1.55 bits per heavy atom. The molecule has 0 spiro atoms. The molecular weight excluding hydrogens is 887 g/mol. The summed E-state index contributed by atoms with van der Waals surface area (Å²) in [7, 11) is -1.56. The molecule has 13 N–H and O–H groups in total. The summed E-state index contributed by atoms with van der Waals surface area (Å²) in [5.41, 5.74) is 13.1. The SMILES string of the molecule is CC(=O)Nc1cccc(C(=O)O)c1C(=O)O.CCN.CCOc1cc([C@H](N)CS(C)(=O)=O)ccc1OC.Nc1cccc(C(=O)O)c1C(=O)O.O=C(O)c1cccc([N+](=O)[O-])c1C(=O)O. The van der Waals surface area contributed by atoms with Crippen molar-refractivity contribution in [2.45, 2.75) is 26.8 Å². The molecule has 25 heteroatoms. The van der Waals surface area contributed by atoms with Gasteiger partial charge in [0.15, 0.2) is 17.1 Å². The molecule has 4 aromatic carbocycles. The van der Waals surface area contributed by atoms with E-state index in [4.69, 9.17) is 57.3 Å². The Bertz CT molecular complexity index is 2460. The van der Waals surface area contributed by atoms with Crippen LogP contribution in [0.5, 0.6) is 11.5 Å². The first-order valence-electron chi connectivity index (χ1n) is 18.1. The van der Waals surface area contributed by atoms with Gasteiger partial charge in [-0.2, -0.15) is 0 Å². The highest BCUT2D eigenvalue weighted by Crippen LogP contribution is 2.30. The van der Waals surface area contributed by atoms with Gasteiger partial charge in [-0.3, -0.25) is 14.9 Å². The van der Waals surface area contributed by atoms with E-state index in [1.807, 2.05) is 13.8 Å². The van der Waals surface area contributed by atoms with Gasteiger partial charge in [-0.25, -0.2) is 37.2 Å². The van der Waals surface area contributed by atoms with E-state index in [-0.39, 0.29) is 33.8 Å². The van der Waals surface area contributed by atoms with E-state index >= 15 is 0 Å². The number of carboxylic acids is 6. The Balaban J connectivity index is 0.000000827. The monoisotopic (exact) mass is 933 g/mol. The number of nitrogen functional groups attached to an aromatic ring is 1. The number of hydrogen-bond acceptors (Lipinski definition) is 16. The molecular formula is C40H47N5O19S. The van der Waals surface area contributed by atoms with E-state index < -0.39 is 84.9 Å². The Morgan fingerprint density at radius 1 is 0.723 bits per heavy atom. The number of anilines is 2. The maximum atomic E-state index is 11.2. The number of nitrogens with one attached hydrogen (secondary N) is 1. The number of carbonyl (C=O) groups excluding carboxylic acids is 1. The number of carbonyl (C=O) groups is 7. The number of nitro benzene ring substituents is 1. The van der Waals surface area contributed by atoms with Gasteiger partial charge in [0.05, 0.1) is 57.9 Å². The van der Waals surface area contributed by atoms with E-state index in [0.29, 0.717) is 23.7 Å². The van der Waals surface area contributed by atoms with Gasteiger partial charge in [0.2, 0.25) is 5.91 Å². The van der Waals surface area contributed by atoms with Gasteiger partial charge in [-0.15, -0.1) is 0 Å². The number of nitrogens with zero attached hydrogens (tertiary/aromatic N) is 1. The van der Waals surface area contributed by atoms with Crippen LogP contribution in [0.15, 0.2) is 72.8 Å². The van der Waals surface area contributed by atoms with Gasteiger partial charge >= 0.3 is 35.8 Å². The summed E-state index contributed by atoms with van der Waals surface area (Å²) in [5, 5.41) is 65.0. The number of benzene rings is 4. The molecule has 24 nitrogen and oxygen atoms in total. The fourth-order valence-electron chi connectivity index (χ4n) is 4.95. The normalized spacial score (nSPS) is 10.4. The first-order valence-corrected chi connectivity index (χ1v) is 20.2. The topological polar surface area (TPSA) is 427 Å². The zero-order valence-electron chi connectivity index (χ0n) is 35.2. The lowest BCUT2D eigenvalue weighted by Crippen LogP contribution is -2.20. The van der Waals surface area contributed by atoms with Gasteiger partial charge in [-0.05, 0) is 61.5 Å². The van der Waals surface area contributed by atoms with Crippen LogP contribution in [0.25, 0.3) is 0 Å². The van der Waals surface area contributed by atoms with Crippen LogP contribution in [0.3, 0.4) is 0 Å². The van der Waals surface area contributed by atoms with Crippen LogP contribution in [0.1, 0.15) is 94.5 Å². The first-order chi connectivity index (χ1) is 30.2. The number of aromatic carboxylic acids is 6. The van der Waals surface area contributed by atoms with E-state index in [9.17, 15) is 52.1 Å². The Hall–Kier alpha value is -8.16. The number of amides is 1. The van der Waals surface area contributed by atoms with Crippen molar-refractivity contribution in [1.29, 1.82) is 0 Å². The van der Waals surface area contributed by atoms with Crippen molar-refractivity contribution in [2.75, 3.05) is 43.3 Å². The Kier molecular flexibility index (Phi) is 23.6. The zero-order chi connectivity index (χ0) is 50.4. The highest BCUT2D eigenvalue weighted by molar-refractivity contribution is 7.90. The summed E-state index contributed by atoms with van der Waals surface area (Å²) in [6, 6.07) is 15.5. The van der Waals surface area contributed by atoms with Crippen molar-refractivity contribution in [3.8, 4) is 11.5 Å². The zero-order valence-corrected chi connectivity index (χ0v) is 36.0. The number of nitrogens with two attached hydrogens (primary N) is 3. The molecule has 0 aliphatic heterocycles. The molecule has 0 saturated carbocycles. The highest BCUT2D eigenvalue weighted by atomic mass is 32.2. The third-order valence-corrected chi connectivity index (χ3v) is 8.41. The average Bonchev–Trinajstić information content (AvgIpc) is 3.20. The third kappa shape index (κ3) is 18.8. The van der Waals surface area contributed by atoms with Gasteiger partial charge in [0.25, 0.3) is 5.69 Å². The van der Waals surface area contributed by atoms with Gasteiger partial charge in [-0.1, -0.05) is 31.2 Å². The molecule has 0 heterocycles. The summed E-state index contributed by atoms with van der Waals surface area (Å²) in [5.74, 6) is -7.94. The highest BCUT2D eigenvalue weighted by Gasteiger charge is 2.26. The van der Waals surface area contributed by atoms with Crippen LogP contribution in [-0.2, 0) is 14.6 Å². The molecule has 0 aromatic heterocycles. The summed E-state index contributed by atoms with van der Waals surface area (Å²) in [4.78, 5) is 84.5. The van der Waals surface area contributed by atoms with Crippen molar-refractivity contribution in [3.05, 3.63) is 122 Å². The lowest BCUT2D eigenvalue weighted by Gasteiger charge is -2.15. The fourth-order valence-corrected chi connectivity index (χ4v) is 5.80. The van der Waals surface area contributed by atoms with Crippen molar-refractivity contribution in [2.24, 2.45) is 11.5 Å². The molecule has 65 heavy (non-hydrogen) atoms. The third-order valence-electron chi connectivity index (χ3n) is 7.44. The quantitative estimate of drug-likeness (QED) is 0.0488. The van der Waals surface area contributed by atoms with Crippen LogP contribution < -0.4 is 32.0 Å². The number of methoxy groups -OCH3 is 1. The minimum absolute atomic E-state index is 0.0279. The largest absolute Gasteiger partial charge is 0.493 e.